The van der Waals surface area contributed by atoms with Crippen LogP contribution >= 0.6 is 11.3 Å². The second kappa shape index (κ2) is 7.58. The van der Waals surface area contributed by atoms with E-state index in [9.17, 15) is 9.18 Å². The summed E-state index contributed by atoms with van der Waals surface area (Å²) in [5.41, 5.74) is 7.68. The molecule has 0 saturated carbocycles. The lowest BCUT2D eigenvalue weighted by molar-refractivity contribution is -0.117. The highest BCUT2D eigenvalue weighted by Crippen LogP contribution is 2.33. The predicted molar refractivity (Wildman–Crippen MR) is 107 cm³/mol. The molecule has 142 valence electrons. The number of nitrogens with two attached hydrogens (primary N) is 1. The zero-order chi connectivity index (χ0) is 19.7. The summed E-state index contributed by atoms with van der Waals surface area (Å²) in [4.78, 5) is 25.2. The number of aromatic nitrogens is 2. The summed E-state index contributed by atoms with van der Waals surface area (Å²) in [6.45, 7) is 6.08. The SMILES string of the molecule is Cc1sc2nc(C(C)N(C)CC(=O)Nc3cccc(F)c3)nc(N)c2c1C. The number of rotatable bonds is 5. The largest absolute Gasteiger partial charge is 0.383 e. The minimum absolute atomic E-state index is 0.113. The molecule has 1 unspecified atom stereocenters. The number of hydrogen-bond donors (Lipinski definition) is 2. The van der Waals surface area contributed by atoms with Gasteiger partial charge in [0.2, 0.25) is 5.91 Å². The van der Waals surface area contributed by atoms with E-state index in [1.54, 1.807) is 23.5 Å². The molecule has 3 N–H and O–H groups in total. The minimum Gasteiger partial charge on any atom is -0.383 e. The van der Waals surface area contributed by atoms with Crippen LogP contribution in [0, 0.1) is 19.7 Å². The fourth-order valence-electron chi connectivity index (χ4n) is 2.81. The van der Waals surface area contributed by atoms with Gasteiger partial charge >= 0.3 is 0 Å². The zero-order valence-electron chi connectivity index (χ0n) is 15.7. The molecule has 0 aliphatic heterocycles. The van der Waals surface area contributed by atoms with Gasteiger partial charge < -0.3 is 11.1 Å². The Labute approximate surface area is 161 Å². The Morgan fingerprint density at radius 3 is 2.81 bits per heavy atom. The minimum atomic E-state index is -0.395. The van der Waals surface area contributed by atoms with E-state index >= 15 is 0 Å². The molecular formula is C19H22FN5OS. The van der Waals surface area contributed by atoms with E-state index in [1.807, 2.05) is 32.7 Å². The number of nitrogens with zero attached hydrogens (tertiary/aromatic N) is 3. The standard InChI is InChI=1S/C19H22FN5OS/c1-10-12(3)27-19-16(10)17(21)23-18(24-19)11(2)25(4)9-15(26)22-14-7-5-6-13(20)8-14/h5-8,11H,9H2,1-4H3,(H,22,26)(H2,21,23,24). The molecule has 0 bridgehead atoms. The molecule has 6 nitrogen and oxygen atoms in total. The smallest absolute Gasteiger partial charge is 0.238 e. The van der Waals surface area contributed by atoms with Crippen molar-refractivity contribution in [3.05, 3.63) is 46.3 Å². The van der Waals surface area contributed by atoms with Crippen molar-refractivity contribution in [2.24, 2.45) is 0 Å². The second-order valence-electron chi connectivity index (χ2n) is 6.58. The number of benzene rings is 1. The van der Waals surface area contributed by atoms with Crippen LogP contribution in [0.5, 0.6) is 0 Å². The maximum absolute atomic E-state index is 13.2. The Bertz CT molecular complexity index is 1000. The number of nitrogen functional groups attached to an aromatic ring is 1. The molecule has 0 saturated heterocycles. The van der Waals surface area contributed by atoms with Crippen molar-refractivity contribution in [3.8, 4) is 0 Å². The Hall–Kier alpha value is -2.58. The van der Waals surface area contributed by atoms with Gasteiger partial charge in [-0.2, -0.15) is 0 Å². The number of carbonyl (C=O) groups excluding carboxylic acids is 1. The second-order valence-corrected chi connectivity index (χ2v) is 7.78. The average molecular weight is 387 g/mol. The first-order valence-corrected chi connectivity index (χ1v) is 9.36. The van der Waals surface area contributed by atoms with E-state index < -0.39 is 5.82 Å². The van der Waals surface area contributed by atoms with E-state index in [0.717, 1.165) is 15.8 Å². The number of fused-ring (bicyclic) bond motifs is 1. The van der Waals surface area contributed by atoms with Crippen molar-refractivity contribution in [2.75, 3.05) is 24.6 Å². The van der Waals surface area contributed by atoms with Crippen LogP contribution in [0.15, 0.2) is 24.3 Å². The molecule has 3 aromatic rings. The van der Waals surface area contributed by atoms with Crippen LogP contribution in [0.4, 0.5) is 15.9 Å². The third kappa shape index (κ3) is 4.06. The summed E-state index contributed by atoms with van der Waals surface area (Å²) < 4.78 is 13.2. The highest BCUT2D eigenvalue weighted by Gasteiger charge is 2.20. The van der Waals surface area contributed by atoms with Gasteiger partial charge in [-0.1, -0.05) is 6.07 Å². The van der Waals surface area contributed by atoms with E-state index in [0.29, 0.717) is 17.3 Å². The summed E-state index contributed by atoms with van der Waals surface area (Å²) in [6.07, 6.45) is 0. The molecular weight excluding hydrogens is 365 g/mol. The van der Waals surface area contributed by atoms with Gasteiger partial charge in [-0.05, 0) is 51.6 Å². The van der Waals surface area contributed by atoms with E-state index in [2.05, 4.69) is 15.3 Å². The Kier molecular flexibility index (Phi) is 5.38. The molecule has 0 radical (unpaired) electrons. The van der Waals surface area contributed by atoms with Crippen molar-refractivity contribution < 1.29 is 9.18 Å². The van der Waals surface area contributed by atoms with Gasteiger partial charge in [0, 0.05) is 10.6 Å². The number of halogens is 1. The highest BCUT2D eigenvalue weighted by molar-refractivity contribution is 7.18. The van der Waals surface area contributed by atoms with Crippen LogP contribution in [0.3, 0.4) is 0 Å². The van der Waals surface area contributed by atoms with Crippen LogP contribution in [0.25, 0.3) is 10.2 Å². The van der Waals surface area contributed by atoms with E-state index in [1.165, 1.54) is 17.0 Å². The van der Waals surface area contributed by atoms with E-state index in [-0.39, 0.29) is 18.5 Å². The molecule has 2 heterocycles. The molecule has 2 aromatic heterocycles. The molecule has 3 rings (SSSR count). The Morgan fingerprint density at radius 2 is 2.11 bits per heavy atom. The van der Waals surface area contributed by atoms with Gasteiger partial charge in [-0.3, -0.25) is 9.69 Å². The topological polar surface area (TPSA) is 84.1 Å². The monoisotopic (exact) mass is 387 g/mol. The third-order valence-corrected chi connectivity index (χ3v) is 5.71. The fraction of sp³-hybridized carbons (Fsp3) is 0.316. The maximum atomic E-state index is 13.2. The molecule has 0 aliphatic carbocycles. The molecule has 1 amide bonds. The number of amides is 1. The highest BCUT2D eigenvalue weighted by atomic mass is 32.1. The number of anilines is 2. The summed E-state index contributed by atoms with van der Waals surface area (Å²) in [7, 11) is 1.81. The quantitative estimate of drug-likeness (QED) is 0.698. The first kappa shape index (κ1) is 19.2. The first-order chi connectivity index (χ1) is 12.8. The number of nitrogens with one attached hydrogen (secondary N) is 1. The molecule has 0 fully saturated rings. The summed E-state index contributed by atoms with van der Waals surface area (Å²) in [6, 6.07) is 5.59. The lowest BCUT2D eigenvalue weighted by Crippen LogP contribution is -2.33. The lowest BCUT2D eigenvalue weighted by atomic mass is 10.2. The predicted octanol–water partition coefficient (Wildman–Crippen LogP) is 3.66. The first-order valence-electron chi connectivity index (χ1n) is 8.55. The van der Waals surface area contributed by atoms with Gasteiger partial charge in [0.25, 0.3) is 0 Å². The number of carbonyl (C=O) groups is 1. The van der Waals surface area contributed by atoms with Crippen molar-refractivity contribution in [1.29, 1.82) is 0 Å². The number of thiophene rings is 1. The van der Waals surface area contributed by atoms with Crippen molar-refractivity contribution >= 4 is 39.0 Å². The molecule has 0 spiro atoms. The van der Waals surface area contributed by atoms with Crippen LogP contribution < -0.4 is 11.1 Å². The third-order valence-electron chi connectivity index (χ3n) is 4.61. The van der Waals surface area contributed by atoms with Crippen LogP contribution in [0.2, 0.25) is 0 Å². The molecule has 0 aliphatic rings. The van der Waals surface area contributed by atoms with Gasteiger partial charge in [-0.15, -0.1) is 11.3 Å². The normalized spacial score (nSPS) is 12.5. The molecule has 1 aromatic carbocycles. The number of hydrogen-bond acceptors (Lipinski definition) is 6. The van der Waals surface area contributed by atoms with Gasteiger partial charge in [-0.25, -0.2) is 14.4 Å². The summed E-state index contributed by atoms with van der Waals surface area (Å²) in [5, 5.41) is 3.59. The van der Waals surface area contributed by atoms with Gasteiger partial charge in [0.05, 0.1) is 18.0 Å². The molecule has 1 atom stereocenters. The molecule has 27 heavy (non-hydrogen) atoms. The summed E-state index contributed by atoms with van der Waals surface area (Å²) in [5.74, 6) is 0.392. The van der Waals surface area contributed by atoms with Gasteiger partial charge in [0.15, 0.2) is 0 Å². The van der Waals surface area contributed by atoms with E-state index in [4.69, 9.17) is 5.73 Å². The molecule has 8 heteroatoms. The van der Waals surface area contributed by atoms with Crippen LogP contribution in [-0.2, 0) is 4.79 Å². The number of likely N-dealkylation sites (N-methyl/N-ethyl adjacent to an activating group) is 1. The van der Waals surface area contributed by atoms with Crippen LogP contribution in [-0.4, -0.2) is 34.4 Å². The van der Waals surface area contributed by atoms with Gasteiger partial charge in [0.1, 0.15) is 22.3 Å². The Balaban J connectivity index is 1.74. The average Bonchev–Trinajstić information content (AvgIpc) is 2.88. The fourth-order valence-corrected chi connectivity index (χ4v) is 3.86. The lowest BCUT2D eigenvalue weighted by Gasteiger charge is -2.23. The van der Waals surface area contributed by atoms with Crippen molar-refractivity contribution in [3.63, 3.8) is 0 Å². The summed E-state index contributed by atoms with van der Waals surface area (Å²) >= 11 is 1.59. The van der Waals surface area contributed by atoms with Crippen molar-refractivity contribution in [1.82, 2.24) is 14.9 Å². The van der Waals surface area contributed by atoms with Crippen LogP contribution in [0.1, 0.15) is 29.2 Å². The Morgan fingerprint density at radius 1 is 1.37 bits per heavy atom. The maximum Gasteiger partial charge on any atom is 0.238 e. The zero-order valence-corrected chi connectivity index (χ0v) is 16.5. The number of aryl methyl sites for hydroxylation is 2. The van der Waals surface area contributed by atoms with Crippen molar-refractivity contribution in [2.45, 2.75) is 26.8 Å².